The van der Waals surface area contributed by atoms with Gasteiger partial charge in [-0.15, -0.1) is 0 Å². The van der Waals surface area contributed by atoms with Crippen molar-refractivity contribution in [1.82, 2.24) is 0 Å². The van der Waals surface area contributed by atoms with Crippen molar-refractivity contribution >= 4 is 9.28 Å². The zero-order chi connectivity index (χ0) is 9.68. The Morgan fingerprint density at radius 1 is 1.08 bits per heavy atom. The molecule has 78 valence electrons. The average Bonchev–Trinajstić information content (AvgIpc) is 2.21. The van der Waals surface area contributed by atoms with E-state index >= 15 is 0 Å². The minimum absolute atomic E-state index is 0.676. The summed E-state index contributed by atoms with van der Waals surface area (Å²) in [5.74, 6) is 0.866. The fourth-order valence-corrected chi connectivity index (χ4v) is 4.29. The number of hydrogen-bond acceptors (Lipinski definition) is 2. The first-order valence-electron chi connectivity index (χ1n) is 5.35. The second kappa shape index (κ2) is 5.78. The maximum absolute atomic E-state index is 5.43. The highest BCUT2D eigenvalue weighted by Crippen LogP contribution is 2.34. The fourth-order valence-electron chi connectivity index (χ4n) is 2.41. The van der Waals surface area contributed by atoms with E-state index in [1.165, 1.54) is 32.1 Å². The van der Waals surface area contributed by atoms with Gasteiger partial charge in [-0.3, -0.25) is 0 Å². The van der Waals surface area contributed by atoms with Crippen molar-refractivity contribution in [3.8, 4) is 0 Å². The maximum Gasteiger partial charge on any atom is 0.324 e. The van der Waals surface area contributed by atoms with Gasteiger partial charge in [-0.25, -0.2) is 0 Å². The Bertz CT molecular complexity index is 131. The van der Waals surface area contributed by atoms with E-state index in [9.17, 15) is 0 Å². The largest absolute Gasteiger partial charge is 0.400 e. The van der Waals surface area contributed by atoms with Gasteiger partial charge in [0.2, 0.25) is 0 Å². The van der Waals surface area contributed by atoms with E-state index in [-0.39, 0.29) is 0 Å². The van der Waals surface area contributed by atoms with E-state index < -0.39 is 9.28 Å². The van der Waals surface area contributed by atoms with Gasteiger partial charge in [0, 0.05) is 14.2 Å². The van der Waals surface area contributed by atoms with Crippen LogP contribution in [0.5, 0.6) is 0 Å². The normalized spacial score (nSPS) is 22.2. The summed E-state index contributed by atoms with van der Waals surface area (Å²) in [5, 5.41) is 0. The molecule has 0 aromatic carbocycles. The monoisotopic (exact) mass is 202 g/mol. The third kappa shape index (κ3) is 3.08. The Morgan fingerprint density at radius 2 is 1.62 bits per heavy atom. The molecule has 0 aromatic heterocycles. The van der Waals surface area contributed by atoms with Crippen molar-refractivity contribution < 1.29 is 8.85 Å². The lowest BCUT2D eigenvalue weighted by Crippen LogP contribution is -2.30. The van der Waals surface area contributed by atoms with Crippen LogP contribution in [0.15, 0.2) is 0 Å². The Kier molecular flexibility index (Phi) is 4.99. The molecular formula is C10H22O2Si. The third-order valence-electron chi connectivity index (χ3n) is 3.29. The molecule has 0 radical (unpaired) electrons. The highest BCUT2D eigenvalue weighted by molar-refractivity contribution is 6.46. The van der Waals surface area contributed by atoms with E-state index in [1.54, 1.807) is 14.2 Å². The molecule has 1 atom stereocenters. The van der Waals surface area contributed by atoms with Crippen molar-refractivity contribution in [3.63, 3.8) is 0 Å². The van der Waals surface area contributed by atoms with Crippen LogP contribution < -0.4 is 0 Å². The molecule has 1 rings (SSSR count). The summed E-state index contributed by atoms with van der Waals surface area (Å²) in [5.41, 5.74) is 0.676. The lowest BCUT2D eigenvalue weighted by atomic mass is 9.87. The molecule has 0 heterocycles. The summed E-state index contributed by atoms with van der Waals surface area (Å²) in [7, 11) is 2.22. The second-order valence-corrected chi connectivity index (χ2v) is 6.83. The van der Waals surface area contributed by atoms with E-state index in [1.807, 2.05) is 0 Å². The topological polar surface area (TPSA) is 18.5 Å². The van der Waals surface area contributed by atoms with Crippen LogP contribution in [0.3, 0.4) is 0 Å². The zero-order valence-corrected chi connectivity index (χ0v) is 10.2. The van der Waals surface area contributed by atoms with Crippen LogP contribution in [-0.2, 0) is 8.85 Å². The van der Waals surface area contributed by atoms with Gasteiger partial charge in [-0.1, -0.05) is 39.0 Å². The molecule has 0 aliphatic heterocycles. The second-order valence-electron chi connectivity index (χ2n) is 4.10. The van der Waals surface area contributed by atoms with Gasteiger partial charge in [-0.2, -0.15) is 0 Å². The molecule has 0 N–H and O–H groups in total. The number of rotatable bonds is 4. The van der Waals surface area contributed by atoms with Gasteiger partial charge < -0.3 is 8.85 Å². The minimum atomic E-state index is -1.36. The van der Waals surface area contributed by atoms with E-state index in [0.29, 0.717) is 5.54 Å². The standard InChI is InChI=1S/C10H22O2Si/c1-9(13(11-2)12-3)10-7-5-4-6-8-10/h9-10,13H,4-8H2,1-3H3. The molecule has 1 fully saturated rings. The maximum atomic E-state index is 5.43. The quantitative estimate of drug-likeness (QED) is 0.652. The fraction of sp³-hybridized carbons (Fsp3) is 1.00. The van der Waals surface area contributed by atoms with Crippen LogP contribution in [0.25, 0.3) is 0 Å². The molecule has 0 spiro atoms. The van der Waals surface area contributed by atoms with Gasteiger partial charge in [0.25, 0.3) is 0 Å². The predicted molar refractivity (Wildman–Crippen MR) is 57.2 cm³/mol. The Morgan fingerprint density at radius 3 is 2.08 bits per heavy atom. The Hall–Kier alpha value is 0.137. The SMILES string of the molecule is CO[SiH](OC)C(C)C1CCCCC1. The summed E-state index contributed by atoms with van der Waals surface area (Å²) in [6, 6.07) is 0. The Labute approximate surface area is 83.5 Å². The summed E-state index contributed by atoms with van der Waals surface area (Å²) in [4.78, 5) is 0. The molecule has 1 aliphatic rings. The first kappa shape index (κ1) is 11.2. The third-order valence-corrected chi connectivity index (χ3v) is 5.62. The highest BCUT2D eigenvalue weighted by atomic mass is 28.3. The molecule has 1 aliphatic carbocycles. The van der Waals surface area contributed by atoms with E-state index in [4.69, 9.17) is 8.85 Å². The van der Waals surface area contributed by atoms with Crippen molar-refractivity contribution in [1.29, 1.82) is 0 Å². The lowest BCUT2D eigenvalue weighted by Gasteiger charge is -2.30. The molecule has 1 saturated carbocycles. The van der Waals surface area contributed by atoms with Crippen molar-refractivity contribution in [2.24, 2.45) is 5.92 Å². The van der Waals surface area contributed by atoms with Gasteiger partial charge in [0.15, 0.2) is 0 Å². The lowest BCUT2D eigenvalue weighted by molar-refractivity contribution is 0.236. The van der Waals surface area contributed by atoms with Crippen LogP contribution in [0.2, 0.25) is 5.54 Å². The molecule has 3 heteroatoms. The summed E-state index contributed by atoms with van der Waals surface area (Å²) in [6.45, 7) is 2.31. The molecule has 0 amide bonds. The van der Waals surface area contributed by atoms with Gasteiger partial charge in [0.1, 0.15) is 0 Å². The smallest absolute Gasteiger partial charge is 0.324 e. The molecule has 0 aromatic rings. The van der Waals surface area contributed by atoms with Crippen molar-refractivity contribution in [3.05, 3.63) is 0 Å². The zero-order valence-electron chi connectivity index (χ0n) is 9.08. The summed E-state index contributed by atoms with van der Waals surface area (Å²) < 4.78 is 10.9. The highest BCUT2D eigenvalue weighted by Gasteiger charge is 2.29. The van der Waals surface area contributed by atoms with Crippen LogP contribution in [-0.4, -0.2) is 23.5 Å². The van der Waals surface area contributed by atoms with E-state index in [0.717, 1.165) is 5.92 Å². The van der Waals surface area contributed by atoms with Crippen LogP contribution in [0.1, 0.15) is 39.0 Å². The summed E-state index contributed by atoms with van der Waals surface area (Å²) in [6.07, 6.45) is 7.01. The Balaban J connectivity index is 2.38. The van der Waals surface area contributed by atoms with Gasteiger partial charge >= 0.3 is 9.28 Å². The van der Waals surface area contributed by atoms with Crippen LogP contribution in [0, 0.1) is 5.92 Å². The minimum Gasteiger partial charge on any atom is -0.400 e. The molecule has 0 bridgehead atoms. The number of hydrogen-bond donors (Lipinski definition) is 0. The predicted octanol–water partition coefficient (Wildman–Crippen LogP) is 2.47. The molecular weight excluding hydrogens is 180 g/mol. The molecule has 2 nitrogen and oxygen atoms in total. The van der Waals surface area contributed by atoms with Gasteiger partial charge in [-0.05, 0) is 11.5 Å². The van der Waals surface area contributed by atoms with E-state index in [2.05, 4.69) is 6.92 Å². The average molecular weight is 202 g/mol. The molecule has 13 heavy (non-hydrogen) atoms. The van der Waals surface area contributed by atoms with Crippen molar-refractivity contribution in [2.45, 2.75) is 44.6 Å². The van der Waals surface area contributed by atoms with Crippen LogP contribution in [0.4, 0.5) is 0 Å². The first-order chi connectivity index (χ1) is 6.29. The van der Waals surface area contributed by atoms with Crippen LogP contribution >= 0.6 is 0 Å². The van der Waals surface area contributed by atoms with Crippen molar-refractivity contribution in [2.75, 3.05) is 14.2 Å². The molecule has 1 unspecified atom stereocenters. The first-order valence-corrected chi connectivity index (χ1v) is 6.96. The van der Waals surface area contributed by atoms with Gasteiger partial charge in [0.05, 0.1) is 0 Å². The summed E-state index contributed by atoms with van der Waals surface area (Å²) >= 11 is 0. The molecule has 0 saturated heterocycles.